The molecular weight excluding hydrogens is 593 g/mol. The number of aromatic nitrogens is 4. The standard InChI is InChI=1S/C42H28N4S/c1-2-13-28-20-12-21-33-37-36(47-39(28)33)25-23-32-34-26-31(27-14-6-3-7-15-27)22-24-35(34)46(38(32)37)42-44-40(29-16-8-4-9-17-29)43-41(45-42)30-18-10-5-11-19-30/h2-26H,1H3/b13-2+. The van der Waals surface area contributed by atoms with E-state index in [-0.39, 0.29) is 0 Å². The summed E-state index contributed by atoms with van der Waals surface area (Å²) in [6.07, 6.45) is 4.30. The summed E-state index contributed by atoms with van der Waals surface area (Å²) in [5, 5.41) is 4.79. The van der Waals surface area contributed by atoms with Gasteiger partial charge in [0, 0.05) is 42.1 Å². The average Bonchev–Trinajstić information content (AvgIpc) is 3.69. The molecule has 0 aliphatic carbocycles. The van der Waals surface area contributed by atoms with E-state index in [0.29, 0.717) is 17.6 Å². The van der Waals surface area contributed by atoms with Gasteiger partial charge in [0.15, 0.2) is 11.6 Å². The van der Waals surface area contributed by atoms with Gasteiger partial charge in [0.2, 0.25) is 5.95 Å². The Bertz CT molecular complexity index is 2560. The number of hydrogen-bond donors (Lipinski definition) is 0. The van der Waals surface area contributed by atoms with Crippen molar-refractivity contribution in [2.45, 2.75) is 6.92 Å². The third kappa shape index (κ3) is 4.55. The molecule has 0 spiro atoms. The molecular formula is C42H28N4S. The number of hydrogen-bond acceptors (Lipinski definition) is 4. The van der Waals surface area contributed by atoms with Gasteiger partial charge in [-0.15, -0.1) is 11.3 Å². The quantitative estimate of drug-likeness (QED) is 0.192. The highest BCUT2D eigenvalue weighted by Crippen LogP contribution is 2.44. The molecule has 47 heavy (non-hydrogen) atoms. The summed E-state index contributed by atoms with van der Waals surface area (Å²) in [6, 6.07) is 48.8. The zero-order chi connectivity index (χ0) is 31.3. The van der Waals surface area contributed by atoms with Crippen LogP contribution in [0.25, 0.3) is 87.9 Å². The van der Waals surface area contributed by atoms with Crippen molar-refractivity contribution in [3.8, 4) is 39.9 Å². The van der Waals surface area contributed by atoms with Gasteiger partial charge < -0.3 is 0 Å². The van der Waals surface area contributed by atoms with Crippen LogP contribution in [-0.2, 0) is 0 Å². The van der Waals surface area contributed by atoms with Gasteiger partial charge in [-0.3, -0.25) is 4.57 Å². The first-order valence-electron chi connectivity index (χ1n) is 15.7. The lowest BCUT2D eigenvalue weighted by atomic mass is 10.0. The highest BCUT2D eigenvalue weighted by molar-refractivity contribution is 7.26. The van der Waals surface area contributed by atoms with Crippen molar-refractivity contribution >= 4 is 59.4 Å². The highest BCUT2D eigenvalue weighted by atomic mass is 32.1. The van der Waals surface area contributed by atoms with Crippen LogP contribution in [0.1, 0.15) is 12.5 Å². The van der Waals surface area contributed by atoms with Crippen LogP contribution in [0.2, 0.25) is 0 Å². The molecule has 0 aliphatic heterocycles. The SMILES string of the molecule is C/C=C/c1cccc2c1sc1ccc3c4cc(-c5ccccc5)ccc4n(-c4nc(-c5ccccc5)nc(-c5ccccc5)n4)c3c12. The lowest BCUT2D eigenvalue weighted by Gasteiger charge is -2.11. The molecule has 0 saturated heterocycles. The Morgan fingerprint density at radius 3 is 1.87 bits per heavy atom. The van der Waals surface area contributed by atoms with Crippen LogP contribution in [0, 0.1) is 0 Å². The van der Waals surface area contributed by atoms with Crippen LogP contribution in [-0.4, -0.2) is 19.5 Å². The van der Waals surface area contributed by atoms with Crippen LogP contribution < -0.4 is 0 Å². The third-order valence-electron chi connectivity index (χ3n) is 8.76. The molecule has 0 fully saturated rings. The summed E-state index contributed by atoms with van der Waals surface area (Å²) in [7, 11) is 0. The predicted octanol–water partition coefficient (Wildman–Crippen LogP) is 11.4. The smallest absolute Gasteiger partial charge is 0.238 e. The maximum atomic E-state index is 5.20. The van der Waals surface area contributed by atoms with Gasteiger partial charge in [-0.2, -0.15) is 9.97 Å². The summed E-state index contributed by atoms with van der Waals surface area (Å²) in [4.78, 5) is 15.4. The molecule has 6 aromatic carbocycles. The van der Waals surface area contributed by atoms with E-state index in [1.807, 2.05) is 47.7 Å². The fourth-order valence-electron chi connectivity index (χ4n) is 6.64. The van der Waals surface area contributed by atoms with Crippen molar-refractivity contribution in [2.24, 2.45) is 0 Å². The summed E-state index contributed by atoms with van der Waals surface area (Å²) in [5.74, 6) is 1.88. The number of thiophene rings is 1. The largest absolute Gasteiger partial charge is 0.277 e. The van der Waals surface area contributed by atoms with E-state index in [9.17, 15) is 0 Å². The number of fused-ring (bicyclic) bond motifs is 7. The normalized spacial score (nSPS) is 11.9. The second-order valence-corrected chi connectivity index (χ2v) is 12.7. The van der Waals surface area contributed by atoms with E-state index in [2.05, 4.69) is 127 Å². The van der Waals surface area contributed by atoms with Crippen molar-refractivity contribution in [1.82, 2.24) is 19.5 Å². The minimum atomic E-state index is 0.599. The molecule has 4 nitrogen and oxygen atoms in total. The van der Waals surface area contributed by atoms with E-state index in [1.165, 1.54) is 42.2 Å². The van der Waals surface area contributed by atoms with Gasteiger partial charge in [-0.25, -0.2) is 4.98 Å². The molecule has 5 heteroatoms. The monoisotopic (exact) mass is 620 g/mol. The maximum Gasteiger partial charge on any atom is 0.238 e. The number of benzene rings is 6. The zero-order valence-electron chi connectivity index (χ0n) is 25.6. The summed E-state index contributed by atoms with van der Waals surface area (Å²) in [5.41, 5.74) is 7.65. The van der Waals surface area contributed by atoms with Crippen molar-refractivity contribution in [3.63, 3.8) is 0 Å². The Balaban J connectivity index is 1.44. The van der Waals surface area contributed by atoms with Gasteiger partial charge in [-0.05, 0) is 41.8 Å². The van der Waals surface area contributed by atoms with E-state index in [1.54, 1.807) is 0 Å². The first-order chi connectivity index (χ1) is 23.3. The van der Waals surface area contributed by atoms with Crippen LogP contribution in [0.3, 0.4) is 0 Å². The summed E-state index contributed by atoms with van der Waals surface area (Å²) in [6.45, 7) is 2.07. The number of allylic oxidation sites excluding steroid dienone is 1. The van der Waals surface area contributed by atoms with E-state index in [0.717, 1.165) is 27.5 Å². The second kappa shape index (κ2) is 11.2. The molecule has 0 bridgehead atoms. The Morgan fingerprint density at radius 1 is 0.553 bits per heavy atom. The van der Waals surface area contributed by atoms with Crippen LogP contribution >= 0.6 is 11.3 Å². The van der Waals surface area contributed by atoms with E-state index < -0.39 is 0 Å². The first-order valence-corrected chi connectivity index (χ1v) is 16.6. The van der Waals surface area contributed by atoms with Gasteiger partial charge >= 0.3 is 0 Å². The number of nitrogens with zero attached hydrogens (tertiary/aromatic N) is 4. The van der Waals surface area contributed by atoms with Gasteiger partial charge in [-0.1, -0.05) is 133 Å². The molecule has 3 aromatic heterocycles. The molecule has 3 heterocycles. The Hall–Kier alpha value is -5.91. The molecule has 0 radical (unpaired) electrons. The lowest BCUT2D eigenvalue weighted by Crippen LogP contribution is -2.06. The zero-order valence-corrected chi connectivity index (χ0v) is 26.4. The van der Waals surface area contributed by atoms with Crippen LogP contribution in [0.4, 0.5) is 0 Å². The first kappa shape index (κ1) is 27.4. The molecule has 0 N–H and O–H groups in total. The molecule has 0 amide bonds. The Kier molecular flexibility index (Phi) is 6.51. The molecule has 0 saturated carbocycles. The molecule has 9 rings (SSSR count). The average molecular weight is 621 g/mol. The summed E-state index contributed by atoms with van der Waals surface area (Å²) >= 11 is 1.84. The topological polar surface area (TPSA) is 43.6 Å². The summed E-state index contributed by atoms with van der Waals surface area (Å²) < 4.78 is 4.77. The highest BCUT2D eigenvalue weighted by Gasteiger charge is 2.22. The fourth-order valence-corrected chi connectivity index (χ4v) is 7.84. The Morgan fingerprint density at radius 2 is 1.21 bits per heavy atom. The van der Waals surface area contributed by atoms with Crippen molar-refractivity contribution < 1.29 is 0 Å². The van der Waals surface area contributed by atoms with Gasteiger partial charge in [0.1, 0.15) is 0 Å². The molecule has 0 aliphatic rings. The molecule has 9 aromatic rings. The lowest BCUT2D eigenvalue weighted by molar-refractivity contribution is 0.955. The van der Waals surface area contributed by atoms with Crippen LogP contribution in [0.15, 0.2) is 146 Å². The number of rotatable bonds is 5. The predicted molar refractivity (Wildman–Crippen MR) is 198 cm³/mol. The molecule has 0 atom stereocenters. The Labute approximate surface area is 276 Å². The minimum absolute atomic E-state index is 0.599. The third-order valence-corrected chi connectivity index (χ3v) is 9.98. The van der Waals surface area contributed by atoms with Crippen molar-refractivity contribution in [3.05, 3.63) is 151 Å². The van der Waals surface area contributed by atoms with Crippen molar-refractivity contribution in [2.75, 3.05) is 0 Å². The van der Waals surface area contributed by atoms with Gasteiger partial charge in [0.05, 0.1) is 11.0 Å². The van der Waals surface area contributed by atoms with Crippen molar-refractivity contribution in [1.29, 1.82) is 0 Å². The van der Waals surface area contributed by atoms with E-state index >= 15 is 0 Å². The molecule has 222 valence electrons. The minimum Gasteiger partial charge on any atom is -0.277 e. The van der Waals surface area contributed by atoms with Crippen LogP contribution in [0.5, 0.6) is 0 Å². The van der Waals surface area contributed by atoms with Gasteiger partial charge in [0.25, 0.3) is 0 Å². The second-order valence-electron chi connectivity index (χ2n) is 11.6. The fraction of sp³-hybridized carbons (Fsp3) is 0.0238. The molecule has 0 unspecified atom stereocenters. The van der Waals surface area contributed by atoms with E-state index in [4.69, 9.17) is 15.0 Å². The maximum absolute atomic E-state index is 5.20.